The van der Waals surface area contributed by atoms with E-state index in [2.05, 4.69) is 6.42 Å². The molecule has 1 saturated carbocycles. The van der Waals surface area contributed by atoms with Gasteiger partial charge in [-0.3, -0.25) is 0 Å². The molecular weight excluding hydrogens is 181 g/mol. The summed E-state index contributed by atoms with van der Waals surface area (Å²) in [6.45, 7) is 0. The molecule has 0 aromatic carbocycles. The normalized spacial score (nSPS) is 14.4. The van der Waals surface area contributed by atoms with Crippen LogP contribution in [-0.2, 0) is 19.5 Å². The number of halogens is 1. The van der Waals surface area contributed by atoms with Gasteiger partial charge in [0.1, 0.15) is 0 Å². The molecule has 0 unspecified atom stereocenters. The first-order chi connectivity index (χ1) is 1.50. The van der Waals surface area contributed by atoms with Crippen LogP contribution >= 0.6 is 0 Å². The van der Waals surface area contributed by atoms with Crippen LogP contribution in [0.25, 0.3) is 0 Å². The first-order valence-corrected chi connectivity index (χ1v) is 1.32. The maximum Gasteiger partial charge on any atom is 2.00 e. The molecule has 1 fully saturated rings. The second kappa shape index (κ2) is 5.10. The molecule has 0 radical (unpaired) electrons. The van der Waals surface area contributed by atoms with E-state index in [0.29, 0.717) is 0 Å². The van der Waals surface area contributed by atoms with Crippen LogP contribution in [0.2, 0.25) is 0 Å². The Bertz CT molecular complexity index is 11.6. The molecule has 2 heteroatoms. The van der Waals surface area contributed by atoms with Gasteiger partial charge in [0.15, 0.2) is 0 Å². The Kier molecular flexibility index (Phi) is 9.64. The Morgan fingerprint density at radius 3 is 1.40 bits per heavy atom. The van der Waals surface area contributed by atoms with E-state index in [1.807, 2.05) is 0 Å². The van der Waals surface area contributed by atoms with Crippen LogP contribution in [0, 0.1) is 6.42 Å². The van der Waals surface area contributed by atoms with Crippen LogP contribution in [0.3, 0.4) is 0 Å². The summed E-state index contributed by atoms with van der Waals surface area (Å²) < 4.78 is 0. The summed E-state index contributed by atoms with van der Waals surface area (Å²) in [6.07, 6.45) is 5.00. The summed E-state index contributed by atoms with van der Waals surface area (Å²) in [6, 6.07) is 0. The molecule has 0 nitrogen and oxygen atoms in total. The average molecular weight is 186 g/mol. The summed E-state index contributed by atoms with van der Waals surface area (Å²) >= 11 is 0. The molecule has 1 rings (SSSR count). The van der Waals surface area contributed by atoms with Crippen molar-refractivity contribution in [1.82, 2.24) is 0 Å². The summed E-state index contributed by atoms with van der Waals surface area (Å²) in [4.78, 5) is 0. The molecule has 0 aromatic rings. The Morgan fingerprint density at radius 2 is 1.40 bits per heavy atom. The quantitative estimate of drug-likeness (QED) is 0.303. The molecule has 0 aliphatic heterocycles. The summed E-state index contributed by atoms with van der Waals surface area (Å²) in [5.41, 5.74) is 0. The molecular formula is C3H5BrZn. The molecule has 0 N–H and O–H groups in total. The van der Waals surface area contributed by atoms with Crippen molar-refractivity contribution < 1.29 is 36.5 Å². The van der Waals surface area contributed by atoms with E-state index in [1.54, 1.807) is 0 Å². The number of hydrogen-bond donors (Lipinski definition) is 0. The monoisotopic (exact) mass is 184 g/mol. The van der Waals surface area contributed by atoms with Crippen LogP contribution in [0.1, 0.15) is 12.8 Å². The first-order valence-electron chi connectivity index (χ1n) is 1.32. The summed E-state index contributed by atoms with van der Waals surface area (Å²) in [5.74, 6) is 0. The minimum absolute atomic E-state index is 0. The van der Waals surface area contributed by atoms with Gasteiger partial charge >= 0.3 is 19.5 Å². The average Bonchev–Trinajstić information content (AvgIpc) is 1.46. The second-order valence-electron chi connectivity index (χ2n) is 0.866. The van der Waals surface area contributed by atoms with Gasteiger partial charge in [-0.1, -0.05) is 0 Å². The number of rotatable bonds is 0. The molecule has 0 heterocycles. The topological polar surface area (TPSA) is 0 Å². The molecule has 0 aromatic heterocycles. The maximum atomic E-state index is 2.25. The van der Waals surface area contributed by atoms with Crippen LogP contribution in [0.5, 0.6) is 0 Å². The summed E-state index contributed by atoms with van der Waals surface area (Å²) in [5, 5.41) is 0. The third-order valence-electron chi connectivity index (χ3n) is 0.289. The van der Waals surface area contributed by atoms with Crippen molar-refractivity contribution in [2.24, 2.45) is 0 Å². The van der Waals surface area contributed by atoms with Crippen LogP contribution < -0.4 is 17.0 Å². The molecule has 0 atom stereocenters. The van der Waals surface area contributed by atoms with E-state index in [0.717, 1.165) is 0 Å². The fraction of sp³-hybridized carbons (Fsp3) is 0.667. The van der Waals surface area contributed by atoms with Gasteiger partial charge in [0.2, 0.25) is 0 Å². The van der Waals surface area contributed by atoms with Gasteiger partial charge < -0.3 is 23.4 Å². The molecule has 0 bridgehead atoms. The number of hydrogen-bond acceptors (Lipinski definition) is 0. The molecule has 0 saturated heterocycles. The van der Waals surface area contributed by atoms with Gasteiger partial charge in [-0.25, -0.2) is 12.8 Å². The Labute approximate surface area is 55.9 Å². The Hall–Kier alpha value is 1.10. The minimum atomic E-state index is 0. The van der Waals surface area contributed by atoms with E-state index < -0.39 is 0 Å². The molecule has 1 aliphatic rings. The van der Waals surface area contributed by atoms with Crippen LogP contribution in [-0.4, -0.2) is 0 Å². The van der Waals surface area contributed by atoms with Gasteiger partial charge in [0, 0.05) is 0 Å². The van der Waals surface area contributed by atoms with E-state index in [4.69, 9.17) is 0 Å². The van der Waals surface area contributed by atoms with E-state index in [9.17, 15) is 0 Å². The fourth-order valence-corrected chi connectivity index (χ4v) is 0. The van der Waals surface area contributed by atoms with Gasteiger partial charge in [-0.2, -0.15) is 0 Å². The standard InChI is InChI=1S/C3H5.BrH.Zn/c1-2-3-1;;/h1H,2-3H2;1H;/q-1;;+2/p-1. The Balaban J connectivity index is 0. The van der Waals surface area contributed by atoms with Crippen molar-refractivity contribution in [3.63, 3.8) is 0 Å². The van der Waals surface area contributed by atoms with Crippen LogP contribution in [0.15, 0.2) is 0 Å². The van der Waals surface area contributed by atoms with Gasteiger partial charge in [-0.05, 0) is 0 Å². The van der Waals surface area contributed by atoms with Crippen molar-refractivity contribution in [3.05, 3.63) is 6.42 Å². The van der Waals surface area contributed by atoms with Crippen molar-refractivity contribution in [1.29, 1.82) is 0 Å². The third-order valence-corrected chi connectivity index (χ3v) is 0.289. The first kappa shape index (κ1) is 9.44. The fourth-order valence-electron chi connectivity index (χ4n) is 0. The zero-order valence-electron chi connectivity index (χ0n) is 3.08. The van der Waals surface area contributed by atoms with Crippen molar-refractivity contribution in [3.8, 4) is 0 Å². The predicted molar refractivity (Wildman–Crippen MR) is 13.5 cm³/mol. The smallest absolute Gasteiger partial charge is 1.00 e. The Morgan fingerprint density at radius 1 is 1.20 bits per heavy atom. The second-order valence-corrected chi connectivity index (χ2v) is 0.866. The van der Waals surface area contributed by atoms with Crippen molar-refractivity contribution in [2.45, 2.75) is 12.8 Å². The zero-order chi connectivity index (χ0) is 2.12. The van der Waals surface area contributed by atoms with Crippen LogP contribution in [0.4, 0.5) is 0 Å². The van der Waals surface area contributed by atoms with E-state index in [1.165, 1.54) is 12.8 Å². The molecule has 0 spiro atoms. The SMILES string of the molecule is [Br-].[CH-]1CC1.[Zn+2]. The zero-order valence-corrected chi connectivity index (χ0v) is 7.63. The molecule has 5 heavy (non-hydrogen) atoms. The van der Waals surface area contributed by atoms with E-state index in [-0.39, 0.29) is 36.5 Å². The van der Waals surface area contributed by atoms with Gasteiger partial charge in [0.05, 0.1) is 0 Å². The maximum absolute atomic E-state index is 2.25. The molecule has 26 valence electrons. The van der Waals surface area contributed by atoms with Gasteiger partial charge in [0.25, 0.3) is 0 Å². The minimum Gasteiger partial charge on any atom is -1.00 e. The van der Waals surface area contributed by atoms with Crippen molar-refractivity contribution in [2.75, 3.05) is 0 Å². The molecule has 0 amide bonds. The molecule has 1 aliphatic carbocycles. The van der Waals surface area contributed by atoms with E-state index >= 15 is 0 Å². The van der Waals surface area contributed by atoms with Crippen molar-refractivity contribution >= 4 is 0 Å². The van der Waals surface area contributed by atoms with Gasteiger partial charge in [-0.15, -0.1) is 0 Å². The predicted octanol–water partition coefficient (Wildman–Crippen LogP) is -2.01. The summed E-state index contributed by atoms with van der Waals surface area (Å²) in [7, 11) is 0. The third kappa shape index (κ3) is 11.1. The largest absolute Gasteiger partial charge is 2.00 e.